The fourth-order valence-corrected chi connectivity index (χ4v) is 2.73. The molecule has 1 saturated carbocycles. The highest BCUT2D eigenvalue weighted by Crippen LogP contribution is 2.29. The van der Waals surface area contributed by atoms with E-state index in [0.717, 1.165) is 45.6 Å². The predicted molar refractivity (Wildman–Crippen MR) is 82.4 cm³/mol. The number of ether oxygens (including phenoxy) is 1. The fourth-order valence-electron chi connectivity index (χ4n) is 2.73. The molecule has 1 amide bonds. The van der Waals surface area contributed by atoms with Crippen molar-refractivity contribution in [1.29, 1.82) is 0 Å². The summed E-state index contributed by atoms with van der Waals surface area (Å²) in [4.78, 5) is 11.8. The van der Waals surface area contributed by atoms with E-state index in [1.54, 1.807) is 0 Å². The smallest absolute Gasteiger partial charge is 0.220 e. The van der Waals surface area contributed by atoms with Gasteiger partial charge in [0, 0.05) is 26.2 Å². The minimum atomic E-state index is 0.199. The SMILES string of the molecule is CC(C)COCCCNC(=O)CC1CCC(CN)CC1. The summed E-state index contributed by atoms with van der Waals surface area (Å²) in [6, 6.07) is 0. The standard InChI is InChI=1S/C16H32N2O2/c1-13(2)12-20-9-3-8-18-16(19)10-14-4-6-15(11-17)7-5-14/h13-15H,3-12,17H2,1-2H3,(H,18,19). The third-order valence-corrected chi connectivity index (χ3v) is 4.01. The second kappa shape index (κ2) is 10.2. The molecule has 0 aliphatic heterocycles. The van der Waals surface area contributed by atoms with Crippen molar-refractivity contribution in [2.24, 2.45) is 23.5 Å². The molecule has 118 valence electrons. The molecule has 0 saturated heterocycles. The van der Waals surface area contributed by atoms with Crippen molar-refractivity contribution in [2.45, 2.75) is 52.4 Å². The molecule has 1 aliphatic carbocycles. The van der Waals surface area contributed by atoms with Gasteiger partial charge in [-0.1, -0.05) is 13.8 Å². The largest absolute Gasteiger partial charge is 0.381 e. The Labute approximate surface area is 123 Å². The first kappa shape index (κ1) is 17.4. The lowest BCUT2D eigenvalue weighted by Gasteiger charge is -2.27. The van der Waals surface area contributed by atoms with Gasteiger partial charge in [-0.3, -0.25) is 4.79 Å². The summed E-state index contributed by atoms with van der Waals surface area (Å²) in [6.07, 6.45) is 6.29. The molecule has 4 heteroatoms. The number of hydrogen-bond acceptors (Lipinski definition) is 3. The van der Waals surface area contributed by atoms with Crippen LogP contribution in [0, 0.1) is 17.8 Å². The Hall–Kier alpha value is -0.610. The van der Waals surface area contributed by atoms with Gasteiger partial charge in [0.15, 0.2) is 0 Å². The van der Waals surface area contributed by atoms with Gasteiger partial charge in [0.1, 0.15) is 0 Å². The zero-order valence-corrected chi connectivity index (χ0v) is 13.2. The Balaban J connectivity index is 1.98. The molecule has 0 aromatic carbocycles. The molecular weight excluding hydrogens is 252 g/mol. The average Bonchev–Trinajstić information content (AvgIpc) is 2.43. The minimum Gasteiger partial charge on any atom is -0.381 e. The number of amides is 1. The zero-order chi connectivity index (χ0) is 14.8. The molecule has 0 unspecified atom stereocenters. The van der Waals surface area contributed by atoms with E-state index in [1.165, 1.54) is 12.8 Å². The van der Waals surface area contributed by atoms with Gasteiger partial charge in [-0.05, 0) is 56.4 Å². The maximum absolute atomic E-state index is 11.8. The van der Waals surface area contributed by atoms with Crippen LogP contribution in [0.3, 0.4) is 0 Å². The first-order valence-electron chi connectivity index (χ1n) is 8.16. The van der Waals surface area contributed by atoms with Gasteiger partial charge in [0.2, 0.25) is 5.91 Å². The van der Waals surface area contributed by atoms with Crippen molar-refractivity contribution >= 4 is 5.91 Å². The molecule has 1 rings (SSSR count). The number of carbonyl (C=O) groups excluding carboxylic acids is 1. The average molecular weight is 284 g/mol. The Morgan fingerprint density at radius 2 is 1.90 bits per heavy atom. The molecule has 0 aromatic heterocycles. The highest BCUT2D eigenvalue weighted by Gasteiger charge is 2.21. The van der Waals surface area contributed by atoms with Crippen LogP contribution in [-0.2, 0) is 9.53 Å². The van der Waals surface area contributed by atoms with E-state index >= 15 is 0 Å². The summed E-state index contributed by atoms with van der Waals surface area (Å²) < 4.78 is 5.49. The number of nitrogens with one attached hydrogen (secondary N) is 1. The van der Waals surface area contributed by atoms with Gasteiger partial charge < -0.3 is 15.8 Å². The van der Waals surface area contributed by atoms with Crippen molar-refractivity contribution in [3.63, 3.8) is 0 Å². The lowest BCUT2D eigenvalue weighted by Crippen LogP contribution is -2.29. The molecule has 0 aromatic rings. The molecule has 4 nitrogen and oxygen atoms in total. The third-order valence-electron chi connectivity index (χ3n) is 4.01. The van der Waals surface area contributed by atoms with E-state index in [-0.39, 0.29) is 5.91 Å². The Morgan fingerprint density at radius 3 is 2.50 bits per heavy atom. The van der Waals surface area contributed by atoms with E-state index in [1.807, 2.05) is 0 Å². The summed E-state index contributed by atoms with van der Waals surface area (Å²) in [5, 5.41) is 3.00. The lowest BCUT2D eigenvalue weighted by atomic mass is 9.80. The molecular formula is C16H32N2O2. The van der Waals surface area contributed by atoms with Crippen LogP contribution in [0.15, 0.2) is 0 Å². The summed E-state index contributed by atoms with van der Waals surface area (Å²) in [5.74, 6) is 2.03. The molecule has 0 heterocycles. The van der Waals surface area contributed by atoms with E-state index in [0.29, 0.717) is 24.2 Å². The van der Waals surface area contributed by atoms with Gasteiger partial charge in [-0.2, -0.15) is 0 Å². The van der Waals surface area contributed by atoms with Gasteiger partial charge in [0.25, 0.3) is 0 Å². The van der Waals surface area contributed by atoms with Gasteiger partial charge in [-0.15, -0.1) is 0 Å². The highest BCUT2D eigenvalue weighted by molar-refractivity contribution is 5.76. The first-order valence-corrected chi connectivity index (χ1v) is 8.16. The van der Waals surface area contributed by atoms with Crippen molar-refractivity contribution in [2.75, 3.05) is 26.3 Å². The van der Waals surface area contributed by atoms with Crippen molar-refractivity contribution in [1.82, 2.24) is 5.32 Å². The summed E-state index contributed by atoms with van der Waals surface area (Å²) in [5.41, 5.74) is 5.68. The number of rotatable bonds is 9. The van der Waals surface area contributed by atoms with Crippen LogP contribution in [0.2, 0.25) is 0 Å². The van der Waals surface area contributed by atoms with Crippen LogP contribution in [0.25, 0.3) is 0 Å². The highest BCUT2D eigenvalue weighted by atomic mass is 16.5. The normalized spacial score (nSPS) is 23.0. The summed E-state index contributed by atoms with van der Waals surface area (Å²) in [6.45, 7) is 7.35. The maximum Gasteiger partial charge on any atom is 0.220 e. The third kappa shape index (κ3) is 7.85. The fraction of sp³-hybridized carbons (Fsp3) is 0.938. The molecule has 1 aliphatic rings. The second-order valence-electron chi connectivity index (χ2n) is 6.50. The van der Waals surface area contributed by atoms with E-state index < -0.39 is 0 Å². The van der Waals surface area contributed by atoms with Crippen LogP contribution >= 0.6 is 0 Å². The summed E-state index contributed by atoms with van der Waals surface area (Å²) in [7, 11) is 0. The Kier molecular flexibility index (Phi) is 8.86. The van der Waals surface area contributed by atoms with E-state index in [9.17, 15) is 4.79 Å². The van der Waals surface area contributed by atoms with Crippen molar-refractivity contribution < 1.29 is 9.53 Å². The molecule has 20 heavy (non-hydrogen) atoms. The molecule has 0 radical (unpaired) electrons. The number of carbonyl (C=O) groups is 1. The monoisotopic (exact) mass is 284 g/mol. The Bertz CT molecular complexity index is 261. The number of nitrogens with two attached hydrogens (primary N) is 1. The van der Waals surface area contributed by atoms with Gasteiger partial charge in [0.05, 0.1) is 0 Å². The van der Waals surface area contributed by atoms with Crippen LogP contribution in [0.4, 0.5) is 0 Å². The second-order valence-corrected chi connectivity index (χ2v) is 6.50. The van der Waals surface area contributed by atoms with E-state index in [2.05, 4.69) is 19.2 Å². The van der Waals surface area contributed by atoms with Gasteiger partial charge in [-0.25, -0.2) is 0 Å². The van der Waals surface area contributed by atoms with E-state index in [4.69, 9.17) is 10.5 Å². The van der Waals surface area contributed by atoms with Crippen LogP contribution < -0.4 is 11.1 Å². The predicted octanol–water partition coefficient (Wildman–Crippen LogP) is 2.32. The summed E-state index contributed by atoms with van der Waals surface area (Å²) >= 11 is 0. The van der Waals surface area contributed by atoms with Crippen LogP contribution in [-0.4, -0.2) is 32.2 Å². The lowest BCUT2D eigenvalue weighted by molar-refractivity contribution is -0.122. The first-order chi connectivity index (χ1) is 9.61. The Morgan fingerprint density at radius 1 is 1.25 bits per heavy atom. The van der Waals surface area contributed by atoms with Crippen molar-refractivity contribution in [3.05, 3.63) is 0 Å². The molecule has 1 fully saturated rings. The molecule has 3 N–H and O–H groups in total. The van der Waals surface area contributed by atoms with Crippen molar-refractivity contribution in [3.8, 4) is 0 Å². The molecule has 0 spiro atoms. The number of hydrogen-bond donors (Lipinski definition) is 2. The van der Waals surface area contributed by atoms with Crippen LogP contribution in [0.1, 0.15) is 52.4 Å². The minimum absolute atomic E-state index is 0.199. The molecule has 0 bridgehead atoms. The quantitative estimate of drug-likeness (QED) is 0.639. The topological polar surface area (TPSA) is 64.3 Å². The maximum atomic E-state index is 11.8. The van der Waals surface area contributed by atoms with Crippen LogP contribution in [0.5, 0.6) is 0 Å². The molecule has 0 atom stereocenters. The zero-order valence-electron chi connectivity index (χ0n) is 13.2. The van der Waals surface area contributed by atoms with Gasteiger partial charge >= 0.3 is 0 Å².